The minimum Gasteiger partial charge on any atom is -0.480 e. The molecule has 0 aromatic carbocycles. The fourth-order valence-electron chi connectivity index (χ4n) is 3.65. The van der Waals surface area contributed by atoms with Crippen LogP contribution in [0.5, 0.6) is 0 Å². The van der Waals surface area contributed by atoms with Crippen LogP contribution in [0.1, 0.15) is 19.3 Å². The van der Waals surface area contributed by atoms with Crippen LogP contribution in [0.3, 0.4) is 0 Å². The lowest BCUT2D eigenvalue weighted by Crippen LogP contribution is -2.53. The molecule has 6 N–H and O–H groups in total. The fourth-order valence-corrected chi connectivity index (χ4v) is 3.65. The smallest absolute Gasteiger partial charge is 0.451 e. The molecule has 0 bridgehead atoms. The van der Waals surface area contributed by atoms with Gasteiger partial charge in [-0.05, 0) is 50.0 Å². The second-order valence-electron chi connectivity index (χ2n) is 5.65. The van der Waals surface area contributed by atoms with E-state index >= 15 is 0 Å². The van der Waals surface area contributed by atoms with Crippen molar-refractivity contribution >= 4 is 13.1 Å². The summed E-state index contributed by atoms with van der Waals surface area (Å²) in [5.41, 5.74) is 4.96. The molecule has 6 nitrogen and oxygen atoms in total. The average Bonchev–Trinajstić information content (AvgIpc) is 2.79. The molecular formula is C11H21BN2O4. The van der Waals surface area contributed by atoms with Crippen molar-refractivity contribution in [2.24, 2.45) is 23.5 Å². The van der Waals surface area contributed by atoms with Gasteiger partial charge in [-0.2, -0.15) is 0 Å². The molecule has 1 saturated heterocycles. The number of rotatable bonds is 5. The van der Waals surface area contributed by atoms with Gasteiger partial charge in [-0.25, -0.2) is 0 Å². The quantitative estimate of drug-likeness (QED) is 0.398. The summed E-state index contributed by atoms with van der Waals surface area (Å²) in [6.07, 6.45) is 2.03. The number of fused-ring (bicyclic) bond motifs is 1. The zero-order valence-electron chi connectivity index (χ0n) is 10.4. The van der Waals surface area contributed by atoms with Gasteiger partial charge in [-0.3, -0.25) is 4.79 Å². The zero-order valence-corrected chi connectivity index (χ0v) is 10.4. The van der Waals surface area contributed by atoms with Gasteiger partial charge in [-0.1, -0.05) is 6.42 Å². The maximum Gasteiger partial charge on any atom is 0.451 e. The molecule has 1 aliphatic carbocycles. The molecule has 1 saturated carbocycles. The van der Waals surface area contributed by atoms with Gasteiger partial charge in [0.15, 0.2) is 0 Å². The summed E-state index contributed by atoms with van der Waals surface area (Å²) in [7, 11) is -1.32. The minimum absolute atomic E-state index is 0.0752. The first-order chi connectivity index (χ1) is 8.45. The molecule has 2 rings (SSSR count). The predicted octanol–water partition coefficient (Wildman–Crippen LogP) is -1.12. The van der Waals surface area contributed by atoms with E-state index in [1.165, 1.54) is 0 Å². The molecule has 0 radical (unpaired) electrons. The largest absolute Gasteiger partial charge is 0.480 e. The molecule has 0 aromatic heterocycles. The standard InChI is InChI=1S/C11H21BN2O4/c13-11(10(15)16)4-7-5-14-6-8(7)9(11)2-1-3-12(17)18/h7-9,14,17-18H,1-6,13H2,(H,15,16)/t7-,8+,9-,11-/m0/s1. The number of carboxylic acids is 1. The first-order valence-corrected chi connectivity index (χ1v) is 6.54. The van der Waals surface area contributed by atoms with Crippen molar-refractivity contribution in [2.75, 3.05) is 13.1 Å². The summed E-state index contributed by atoms with van der Waals surface area (Å²) in [5.74, 6) is -0.350. The molecule has 1 heterocycles. The maximum absolute atomic E-state index is 11.4. The van der Waals surface area contributed by atoms with Gasteiger partial charge >= 0.3 is 13.1 Å². The number of carbonyl (C=O) groups is 1. The van der Waals surface area contributed by atoms with Gasteiger partial charge in [0.25, 0.3) is 0 Å². The third-order valence-electron chi connectivity index (χ3n) is 4.55. The molecule has 0 unspecified atom stereocenters. The van der Waals surface area contributed by atoms with Crippen molar-refractivity contribution in [1.29, 1.82) is 0 Å². The van der Waals surface area contributed by atoms with Gasteiger partial charge in [0, 0.05) is 0 Å². The summed E-state index contributed by atoms with van der Waals surface area (Å²) in [6, 6.07) is 0. The van der Waals surface area contributed by atoms with Crippen LogP contribution in [0, 0.1) is 17.8 Å². The Bertz CT molecular complexity index is 328. The van der Waals surface area contributed by atoms with Crippen LogP contribution in [0.2, 0.25) is 6.32 Å². The lowest BCUT2D eigenvalue weighted by atomic mass is 9.76. The highest BCUT2D eigenvalue weighted by Gasteiger charge is 2.56. The van der Waals surface area contributed by atoms with Crippen molar-refractivity contribution in [3.8, 4) is 0 Å². The van der Waals surface area contributed by atoms with Crippen molar-refractivity contribution in [2.45, 2.75) is 31.1 Å². The Labute approximate surface area is 107 Å². The van der Waals surface area contributed by atoms with Crippen LogP contribution in [-0.2, 0) is 4.79 Å². The van der Waals surface area contributed by atoms with Crippen LogP contribution in [0.15, 0.2) is 0 Å². The van der Waals surface area contributed by atoms with E-state index in [9.17, 15) is 9.90 Å². The number of carboxylic acid groups (broad SMARTS) is 1. The number of nitrogens with one attached hydrogen (secondary N) is 1. The highest BCUT2D eigenvalue weighted by Crippen LogP contribution is 2.47. The Hall–Kier alpha value is -0.625. The molecular weight excluding hydrogens is 235 g/mol. The second-order valence-corrected chi connectivity index (χ2v) is 5.65. The molecule has 2 fully saturated rings. The predicted molar refractivity (Wildman–Crippen MR) is 66.7 cm³/mol. The van der Waals surface area contributed by atoms with E-state index in [-0.39, 0.29) is 12.2 Å². The molecule has 18 heavy (non-hydrogen) atoms. The van der Waals surface area contributed by atoms with E-state index in [1.807, 2.05) is 0 Å². The van der Waals surface area contributed by atoms with E-state index in [0.29, 0.717) is 31.1 Å². The lowest BCUT2D eigenvalue weighted by molar-refractivity contribution is -0.145. The lowest BCUT2D eigenvalue weighted by Gasteiger charge is -2.30. The zero-order chi connectivity index (χ0) is 13.3. The van der Waals surface area contributed by atoms with Gasteiger partial charge in [0.05, 0.1) is 0 Å². The Morgan fingerprint density at radius 1 is 1.44 bits per heavy atom. The number of hydrogen-bond donors (Lipinski definition) is 5. The van der Waals surface area contributed by atoms with E-state index < -0.39 is 18.6 Å². The molecule has 7 heteroatoms. The topological polar surface area (TPSA) is 116 Å². The first-order valence-electron chi connectivity index (χ1n) is 6.54. The molecule has 0 aromatic rings. The summed E-state index contributed by atoms with van der Waals surface area (Å²) in [5, 5.41) is 30.3. The highest BCUT2D eigenvalue weighted by molar-refractivity contribution is 6.40. The molecule has 0 amide bonds. The number of nitrogens with two attached hydrogens (primary N) is 1. The monoisotopic (exact) mass is 256 g/mol. The molecule has 4 atom stereocenters. The van der Waals surface area contributed by atoms with Crippen molar-refractivity contribution < 1.29 is 19.9 Å². The van der Waals surface area contributed by atoms with Crippen LogP contribution in [0.4, 0.5) is 0 Å². The van der Waals surface area contributed by atoms with Gasteiger partial charge in [0.2, 0.25) is 0 Å². The third kappa shape index (κ3) is 2.40. The average molecular weight is 256 g/mol. The second kappa shape index (κ2) is 5.17. The van der Waals surface area contributed by atoms with Gasteiger partial charge < -0.3 is 26.2 Å². The van der Waals surface area contributed by atoms with Crippen LogP contribution < -0.4 is 11.1 Å². The Kier molecular flexibility index (Phi) is 3.96. The van der Waals surface area contributed by atoms with E-state index in [4.69, 9.17) is 15.8 Å². The molecule has 1 aliphatic heterocycles. The Balaban J connectivity index is 2.04. The number of hydrogen-bond acceptors (Lipinski definition) is 5. The van der Waals surface area contributed by atoms with Gasteiger partial charge in [0.1, 0.15) is 5.54 Å². The van der Waals surface area contributed by atoms with E-state index in [1.54, 1.807) is 0 Å². The van der Waals surface area contributed by atoms with E-state index in [0.717, 1.165) is 13.1 Å². The first kappa shape index (κ1) is 13.8. The summed E-state index contributed by atoms with van der Waals surface area (Å²) < 4.78 is 0. The van der Waals surface area contributed by atoms with Gasteiger partial charge in [-0.15, -0.1) is 0 Å². The molecule has 102 valence electrons. The fraction of sp³-hybridized carbons (Fsp3) is 0.909. The highest BCUT2D eigenvalue weighted by atomic mass is 16.4. The minimum atomic E-state index is -1.32. The van der Waals surface area contributed by atoms with Crippen LogP contribution in [-0.4, -0.2) is 46.9 Å². The molecule has 0 spiro atoms. The molecule has 2 aliphatic rings. The number of aliphatic carboxylic acids is 1. The van der Waals surface area contributed by atoms with Crippen molar-refractivity contribution in [3.05, 3.63) is 0 Å². The van der Waals surface area contributed by atoms with Crippen molar-refractivity contribution in [1.82, 2.24) is 5.32 Å². The normalized spacial score (nSPS) is 38.7. The summed E-state index contributed by atoms with van der Waals surface area (Å²) in [6.45, 7) is 1.67. The van der Waals surface area contributed by atoms with Crippen LogP contribution in [0.25, 0.3) is 0 Å². The van der Waals surface area contributed by atoms with E-state index in [2.05, 4.69) is 5.32 Å². The Morgan fingerprint density at radius 3 is 2.78 bits per heavy atom. The van der Waals surface area contributed by atoms with Crippen LogP contribution >= 0.6 is 0 Å². The Morgan fingerprint density at radius 2 is 2.17 bits per heavy atom. The van der Waals surface area contributed by atoms with Crippen molar-refractivity contribution in [3.63, 3.8) is 0 Å². The third-order valence-corrected chi connectivity index (χ3v) is 4.55. The summed E-state index contributed by atoms with van der Waals surface area (Å²) >= 11 is 0. The SMILES string of the molecule is N[C@@]1(C(=O)O)C[C@H]2CNC[C@H]2[C@@H]1CCCB(O)O. The maximum atomic E-state index is 11.4. The summed E-state index contributed by atoms with van der Waals surface area (Å²) in [4.78, 5) is 11.4.